The van der Waals surface area contributed by atoms with Crippen molar-refractivity contribution in [2.75, 3.05) is 19.6 Å². The normalized spacial score (nSPS) is 22.1. The molecule has 4 heteroatoms. The van der Waals surface area contributed by atoms with E-state index in [1.807, 2.05) is 6.08 Å². The van der Waals surface area contributed by atoms with Gasteiger partial charge in [-0.3, -0.25) is 9.69 Å². The Kier molecular flexibility index (Phi) is 3.89. The van der Waals surface area contributed by atoms with Gasteiger partial charge >= 0.3 is 0 Å². The lowest BCUT2D eigenvalue weighted by atomic mass is 9.85. The number of rotatable bonds is 4. The lowest BCUT2D eigenvalue weighted by Crippen LogP contribution is -2.53. The van der Waals surface area contributed by atoms with Gasteiger partial charge in [-0.05, 0) is 31.4 Å². The third-order valence-corrected chi connectivity index (χ3v) is 5.21. The first-order valence-electron chi connectivity index (χ1n) is 7.88. The van der Waals surface area contributed by atoms with Crippen molar-refractivity contribution in [3.05, 3.63) is 36.7 Å². The molecule has 0 bridgehead atoms. The highest BCUT2D eigenvalue weighted by Gasteiger charge is 2.46. The molecule has 2 aliphatic rings. The fourth-order valence-corrected chi connectivity index (χ4v) is 3.84. The van der Waals surface area contributed by atoms with Crippen LogP contribution in [0.2, 0.25) is 0 Å². The van der Waals surface area contributed by atoms with Crippen LogP contribution in [0.5, 0.6) is 0 Å². The molecule has 21 heavy (non-hydrogen) atoms. The van der Waals surface area contributed by atoms with E-state index in [0.29, 0.717) is 18.9 Å². The molecule has 1 aromatic heterocycles. The van der Waals surface area contributed by atoms with E-state index in [0.717, 1.165) is 38.9 Å². The third-order valence-electron chi connectivity index (χ3n) is 5.21. The molecule has 1 spiro atoms. The van der Waals surface area contributed by atoms with E-state index in [1.54, 1.807) is 0 Å². The Balaban J connectivity index is 1.63. The van der Waals surface area contributed by atoms with Crippen LogP contribution in [-0.2, 0) is 18.4 Å². The lowest BCUT2D eigenvalue weighted by Gasteiger charge is -2.44. The highest BCUT2D eigenvalue weighted by atomic mass is 16.2. The summed E-state index contributed by atoms with van der Waals surface area (Å²) in [6.45, 7) is 7.67. The van der Waals surface area contributed by atoms with Gasteiger partial charge in [-0.25, -0.2) is 0 Å². The van der Waals surface area contributed by atoms with Gasteiger partial charge in [0.1, 0.15) is 0 Å². The van der Waals surface area contributed by atoms with Crippen LogP contribution in [-0.4, -0.2) is 45.4 Å². The molecule has 0 radical (unpaired) electrons. The van der Waals surface area contributed by atoms with Crippen LogP contribution in [0.1, 0.15) is 31.4 Å². The second-order valence-electron chi connectivity index (χ2n) is 6.40. The Morgan fingerprint density at radius 2 is 2.10 bits per heavy atom. The zero-order chi connectivity index (χ0) is 14.9. The van der Waals surface area contributed by atoms with E-state index in [-0.39, 0.29) is 5.54 Å². The van der Waals surface area contributed by atoms with Crippen molar-refractivity contribution in [1.82, 2.24) is 14.4 Å². The number of carbonyl (C=O) groups excluding carboxylic acids is 1. The SMILES string of the molecule is C=CCN1C(=O)CCC12CCN(Cc1cccn1C)CC2. The Bertz CT molecular complexity index is 526. The summed E-state index contributed by atoms with van der Waals surface area (Å²) in [6, 6.07) is 4.29. The minimum Gasteiger partial charge on any atom is -0.353 e. The van der Waals surface area contributed by atoms with Gasteiger partial charge in [0.25, 0.3) is 0 Å². The number of aromatic nitrogens is 1. The summed E-state index contributed by atoms with van der Waals surface area (Å²) in [5.41, 5.74) is 1.46. The molecule has 114 valence electrons. The zero-order valence-electron chi connectivity index (χ0n) is 12.9. The van der Waals surface area contributed by atoms with Crippen LogP contribution >= 0.6 is 0 Å². The zero-order valence-corrected chi connectivity index (χ0v) is 12.9. The first kappa shape index (κ1) is 14.4. The number of nitrogens with zero attached hydrogens (tertiary/aromatic N) is 3. The highest BCUT2D eigenvalue weighted by Crippen LogP contribution is 2.39. The molecule has 4 nitrogen and oxygen atoms in total. The molecule has 3 heterocycles. The van der Waals surface area contributed by atoms with Gasteiger partial charge in [0.15, 0.2) is 0 Å². The number of aryl methyl sites for hydroxylation is 1. The average Bonchev–Trinajstić information content (AvgIpc) is 3.01. The highest BCUT2D eigenvalue weighted by molar-refractivity contribution is 5.80. The summed E-state index contributed by atoms with van der Waals surface area (Å²) in [4.78, 5) is 16.7. The lowest BCUT2D eigenvalue weighted by molar-refractivity contribution is -0.131. The van der Waals surface area contributed by atoms with E-state index >= 15 is 0 Å². The molecule has 1 amide bonds. The van der Waals surface area contributed by atoms with Crippen LogP contribution < -0.4 is 0 Å². The van der Waals surface area contributed by atoms with E-state index in [2.05, 4.69) is 46.3 Å². The van der Waals surface area contributed by atoms with Crippen molar-refractivity contribution in [3.63, 3.8) is 0 Å². The molecule has 2 aliphatic heterocycles. The largest absolute Gasteiger partial charge is 0.353 e. The van der Waals surface area contributed by atoms with Gasteiger partial charge in [-0.1, -0.05) is 6.08 Å². The quantitative estimate of drug-likeness (QED) is 0.794. The Hall–Kier alpha value is -1.55. The van der Waals surface area contributed by atoms with Crippen LogP contribution in [0.15, 0.2) is 31.0 Å². The second kappa shape index (κ2) is 5.68. The molecule has 3 rings (SSSR count). The minimum absolute atomic E-state index is 0.107. The molecule has 1 aromatic rings. The van der Waals surface area contributed by atoms with Gasteiger partial charge in [-0.2, -0.15) is 0 Å². The first-order chi connectivity index (χ1) is 10.1. The number of hydrogen-bond donors (Lipinski definition) is 0. The van der Waals surface area contributed by atoms with Crippen molar-refractivity contribution < 1.29 is 4.79 Å². The molecule has 0 atom stereocenters. The second-order valence-corrected chi connectivity index (χ2v) is 6.40. The predicted octanol–water partition coefficient (Wildman–Crippen LogP) is 2.17. The Morgan fingerprint density at radius 3 is 2.71 bits per heavy atom. The average molecular weight is 287 g/mol. The van der Waals surface area contributed by atoms with Gasteiger partial charge in [0.2, 0.25) is 5.91 Å². The molecule has 2 fully saturated rings. The van der Waals surface area contributed by atoms with Crippen molar-refractivity contribution in [3.8, 4) is 0 Å². The first-order valence-corrected chi connectivity index (χ1v) is 7.88. The summed E-state index contributed by atoms with van der Waals surface area (Å²) in [7, 11) is 2.10. The van der Waals surface area contributed by atoms with Gasteiger partial charge in [-0.15, -0.1) is 6.58 Å². The number of piperidine rings is 1. The minimum atomic E-state index is 0.107. The summed E-state index contributed by atoms with van der Waals surface area (Å²) >= 11 is 0. The summed E-state index contributed by atoms with van der Waals surface area (Å²) < 4.78 is 2.19. The summed E-state index contributed by atoms with van der Waals surface area (Å²) in [5.74, 6) is 0.311. The number of hydrogen-bond acceptors (Lipinski definition) is 2. The molecular formula is C17H25N3O. The molecule has 0 saturated carbocycles. The molecular weight excluding hydrogens is 262 g/mol. The summed E-state index contributed by atoms with van der Waals surface area (Å²) in [5, 5.41) is 0. The van der Waals surface area contributed by atoms with Gasteiger partial charge in [0.05, 0.1) is 0 Å². The smallest absolute Gasteiger partial charge is 0.223 e. The molecule has 0 aliphatic carbocycles. The molecule has 2 saturated heterocycles. The molecule has 0 unspecified atom stereocenters. The molecule has 0 aromatic carbocycles. The molecule has 0 N–H and O–H groups in total. The maximum atomic E-state index is 12.1. The topological polar surface area (TPSA) is 28.5 Å². The Morgan fingerprint density at radius 1 is 1.33 bits per heavy atom. The third kappa shape index (κ3) is 2.64. The summed E-state index contributed by atoms with van der Waals surface area (Å²) in [6.07, 6.45) is 7.89. The monoisotopic (exact) mass is 287 g/mol. The van der Waals surface area contributed by atoms with Gasteiger partial charge in [0, 0.05) is 57.1 Å². The maximum absolute atomic E-state index is 12.1. The number of carbonyl (C=O) groups is 1. The van der Waals surface area contributed by atoms with Crippen LogP contribution in [0.4, 0.5) is 0 Å². The van der Waals surface area contributed by atoms with Crippen LogP contribution in [0.25, 0.3) is 0 Å². The van der Waals surface area contributed by atoms with E-state index in [9.17, 15) is 4.79 Å². The standard InChI is InChI=1S/C17H25N3O/c1-3-10-20-16(21)6-7-17(20)8-12-19(13-9-17)14-15-5-4-11-18(15)2/h3-5,11H,1,6-10,12-14H2,2H3. The Labute approximate surface area is 127 Å². The van der Waals surface area contributed by atoms with E-state index in [4.69, 9.17) is 0 Å². The fraction of sp³-hybridized carbons (Fsp3) is 0.588. The van der Waals surface area contributed by atoms with Crippen LogP contribution in [0.3, 0.4) is 0 Å². The van der Waals surface area contributed by atoms with Gasteiger partial charge < -0.3 is 9.47 Å². The van der Waals surface area contributed by atoms with Crippen molar-refractivity contribution in [2.45, 2.75) is 37.8 Å². The van der Waals surface area contributed by atoms with E-state index in [1.165, 1.54) is 5.69 Å². The van der Waals surface area contributed by atoms with Crippen LogP contribution in [0, 0.1) is 0 Å². The number of likely N-dealkylation sites (tertiary alicyclic amines) is 2. The maximum Gasteiger partial charge on any atom is 0.223 e. The predicted molar refractivity (Wildman–Crippen MR) is 83.8 cm³/mol. The fourth-order valence-electron chi connectivity index (χ4n) is 3.84. The number of amides is 1. The van der Waals surface area contributed by atoms with Crippen molar-refractivity contribution in [1.29, 1.82) is 0 Å². The van der Waals surface area contributed by atoms with E-state index < -0.39 is 0 Å². The van der Waals surface area contributed by atoms with Crippen molar-refractivity contribution >= 4 is 5.91 Å². The van der Waals surface area contributed by atoms with Crippen molar-refractivity contribution in [2.24, 2.45) is 7.05 Å².